The molecule has 2 atom stereocenters. The monoisotopic (exact) mass is 524 g/mol. The summed E-state index contributed by atoms with van der Waals surface area (Å²) in [6.07, 6.45) is -4.78. The fourth-order valence-corrected chi connectivity index (χ4v) is 6.26. The summed E-state index contributed by atoms with van der Waals surface area (Å²) in [7, 11) is -7.96. The minimum atomic E-state index is -4.70. The zero-order valence-electron chi connectivity index (χ0n) is 19.1. The lowest BCUT2D eigenvalue weighted by Gasteiger charge is -2.38. The number of aliphatic hydroxyl groups excluding tert-OH is 1. The highest BCUT2D eigenvalue weighted by Crippen LogP contribution is 2.43. The molecule has 0 bridgehead atoms. The van der Waals surface area contributed by atoms with Crippen molar-refractivity contribution in [1.29, 1.82) is 0 Å². The van der Waals surface area contributed by atoms with E-state index < -0.39 is 59.3 Å². The fourth-order valence-electron chi connectivity index (χ4n) is 3.86. The Morgan fingerprint density at radius 2 is 1.85 bits per heavy atom. The summed E-state index contributed by atoms with van der Waals surface area (Å²) < 4.78 is 96.3. The highest BCUT2D eigenvalue weighted by atomic mass is 32.2. The number of halogens is 3. The van der Waals surface area contributed by atoms with Crippen molar-refractivity contribution in [2.45, 2.75) is 66.1 Å². The van der Waals surface area contributed by atoms with E-state index in [4.69, 9.17) is 4.74 Å². The van der Waals surface area contributed by atoms with Crippen LogP contribution in [0.2, 0.25) is 0 Å². The van der Waals surface area contributed by atoms with Crippen LogP contribution in [-0.4, -0.2) is 55.9 Å². The smallest absolute Gasteiger partial charge is 0.394 e. The molecule has 1 aromatic carbocycles. The quantitative estimate of drug-likeness (QED) is 0.617. The van der Waals surface area contributed by atoms with Gasteiger partial charge in [-0.3, -0.25) is 4.68 Å². The Balaban J connectivity index is 2.07. The van der Waals surface area contributed by atoms with Gasteiger partial charge < -0.3 is 9.84 Å². The Bertz CT molecular complexity index is 1290. The lowest BCUT2D eigenvalue weighted by atomic mass is 9.94. The van der Waals surface area contributed by atoms with Crippen LogP contribution in [0.15, 0.2) is 40.3 Å². The minimum absolute atomic E-state index is 0.0263. The van der Waals surface area contributed by atoms with Crippen LogP contribution < -0.4 is 0 Å². The Labute approximate surface area is 196 Å². The molecule has 34 heavy (non-hydrogen) atoms. The molecule has 1 saturated heterocycles. The summed E-state index contributed by atoms with van der Waals surface area (Å²) in [5.41, 5.74) is -1.85. The van der Waals surface area contributed by atoms with E-state index in [1.807, 2.05) is 0 Å². The van der Waals surface area contributed by atoms with Crippen LogP contribution in [0.5, 0.6) is 0 Å². The predicted octanol–water partition coefficient (Wildman–Crippen LogP) is 3.12. The van der Waals surface area contributed by atoms with Crippen molar-refractivity contribution in [1.82, 2.24) is 9.78 Å². The highest BCUT2D eigenvalue weighted by Gasteiger charge is 2.47. The van der Waals surface area contributed by atoms with E-state index in [-0.39, 0.29) is 30.2 Å². The van der Waals surface area contributed by atoms with Gasteiger partial charge in [0.1, 0.15) is 6.10 Å². The second-order valence-corrected chi connectivity index (χ2v) is 13.8. The molecule has 0 radical (unpaired) electrons. The molecule has 0 amide bonds. The van der Waals surface area contributed by atoms with Gasteiger partial charge in [-0.15, -0.1) is 0 Å². The summed E-state index contributed by atoms with van der Waals surface area (Å²) in [5.74, 6) is 0. The number of benzene rings is 1. The number of aromatic nitrogens is 2. The third-order valence-corrected chi connectivity index (χ3v) is 9.57. The minimum Gasteiger partial charge on any atom is -0.394 e. The molecular formula is C21H27F3N2O6S2. The van der Waals surface area contributed by atoms with Crippen molar-refractivity contribution in [2.24, 2.45) is 0 Å². The Hall–Kier alpha value is -1.96. The van der Waals surface area contributed by atoms with Crippen LogP contribution in [0.1, 0.15) is 51.0 Å². The van der Waals surface area contributed by atoms with Gasteiger partial charge in [-0.25, -0.2) is 16.8 Å². The molecule has 3 rings (SSSR count). The number of hydrogen-bond donors (Lipinski definition) is 1. The molecular weight excluding hydrogens is 497 g/mol. The maximum Gasteiger partial charge on any atom is 0.416 e. The van der Waals surface area contributed by atoms with Gasteiger partial charge in [0, 0.05) is 18.9 Å². The third kappa shape index (κ3) is 4.88. The van der Waals surface area contributed by atoms with Crippen LogP contribution >= 0.6 is 0 Å². The number of nitrogens with zero attached hydrogens (tertiary/aromatic N) is 2. The maximum absolute atomic E-state index is 13.5. The Morgan fingerprint density at radius 1 is 1.21 bits per heavy atom. The van der Waals surface area contributed by atoms with Crippen LogP contribution in [0.3, 0.4) is 0 Å². The van der Waals surface area contributed by atoms with E-state index in [1.54, 1.807) is 13.8 Å². The third-order valence-electron chi connectivity index (χ3n) is 6.07. The first-order chi connectivity index (χ1) is 15.4. The van der Waals surface area contributed by atoms with Gasteiger partial charge in [0.05, 0.1) is 33.0 Å². The van der Waals surface area contributed by atoms with Gasteiger partial charge in [0.15, 0.2) is 24.7 Å². The second kappa shape index (κ2) is 8.61. The maximum atomic E-state index is 13.5. The number of alkyl halides is 3. The number of sulfone groups is 2. The first-order valence-corrected chi connectivity index (χ1v) is 13.7. The molecule has 0 saturated carbocycles. The zero-order valence-corrected chi connectivity index (χ0v) is 20.8. The van der Waals surface area contributed by atoms with Crippen LogP contribution in [0.4, 0.5) is 13.2 Å². The van der Waals surface area contributed by atoms with E-state index in [0.29, 0.717) is 6.07 Å². The van der Waals surface area contributed by atoms with Crippen molar-refractivity contribution in [3.63, 3.8) is 0 Å². The van der Waals surface area contributed by atoms with Gasteiger partial charge in [-0.2, -0.15) is 18.3 Å². The molecule has 2 heterocycles. The number of ether oxygens (including phenoxy) is 1. The summed E-state index contributed by atoms with van der Waals surface area (Å²) in [6, 6.07) is 4.87. The van der Waals surface area contributed by atoms with Gasteiger partial charge in [-0.05, 0) is 51.8 Å². The highest BCUT2D eigenvalue weighted by molar-refractivity contribution is 7.92. The standard InChI is InChI=1S/C21H27F3N2O6S2/c1-19(2,13-27)26-16(11-18(25-26)33(4,28)29)17-12-20(3,8-9-32-17)34(30,31)15-7-5-6-14(10-15)21(22,23)24/h5-7,10-11,17,27H,8-9,12-13H2,1-4H3. The lowest BCUT2D eigenvalue weighted by Crippen LogP contribution is -2.43. The summed E-state index contributed by atoms with van der Waals surface area (Å²) >= 11 is 0. The molecule has 0 aliphatic carbocycles. The molecule has 2 unspecified atom stereocenters. The second-order valence-electron chi connectivity index (χ2n) is 9.35. The van der Waals surface area contributed by atoms with Crippen LogP contribution in [-0.2, 0) is 36.1 Å². The lowest BCUT2D eigenvalue weighted by molar-refractivity contribution is -0.137. The average molecular weight is 525 g/mol. The molecule has 1 aliphatic heterocycles. The Morgan fingerprint density at radius 3 is 2.41 bits per heavy atom. The molecule has 1 N–H and O–H groups in total. The molecule has 13 heteroatoms. The van der Waals surface area contributed by atoms with Crippen molar-refractivity contribution in [3.8, 4) is 0 Å². The SMILES string of the molecule is CC(C)(CO)n1nc(S(C)(=O)=O)cc1C1CC(C)(S(=O)(=O)c2cccc(C(F)(F)F)c2)CCO1. The summed E-state index contributed by atoms with van der Waals surface area (Å²) in [5, 5.41) is 13.7. The molecule has 2 aromatic rings. The fraction of sp³-hybridized carbons (Fsp3) is 0.571. The van der Waals surface area contributed by atoms with E-state index in [2.05, 4.69) is 5.10 Å². The number of hydrogen-bond acceptors (Lipinski definition) is 7. The summed E-state index contributed by atoms with van der Waals surface area (Å²) in [6.45, 7) is 4.26. The largest absolute Gasteiger partial charge is 0.416 e. The number of rotatable bonds is 6. The molecule has 1 aromatic heterocycles. The topological polar surface area (TPSA) is 116 Å². The van der Waals surface area contributed by atoms with Crippen molar-refractivity contribution >= 4 is 19.7 Å². The van der Waals surface area contributed by atoms with Gasteiger partial charge in [0.25, 0.3) is 0 Å². The molecule has 190 valence electrons. The molecule has 1 fully saturated rings. The van der Waals surface area contributed by atoms with Crippen LogP contribution in [0, 0.1) is 0 Å². The van der Waals surface area contributed by atoms with Crippen molar-refractivity contribution in [2.75, 3.05) is 19.5 Å². The van der Waals surface area contributed by atoms with Gasteiger partial charge in [-0.1, -0.05) is 6.07 Å². The van der Waals surface area contributed by atoms with E-state index in [1.165, 1.54) is 17.7 Å². The van der Waals surface area contributed by atoms with Crippen LogP contribution in [0.25, 0.3) is 0 Å². The van der Waals surface area contributed by atoms with Gasteiger partial charge in [0.2, 0.25) is 0 Å². The predicted molar refractivity (Wildman–Crippen MR) is 117 cm³/mol. The van der Waals surface area contributed by atoms with E-state index in [9.17, 15) is 35.1 Å². The first-order valence-electron chi connectivity index (χ1n) is 10.4. The van der Waals surface area contributed by atoms with Crippen molar-refractivity contribution in [3.05, 3.63) is 41.6 Å². The Kier molecular flexibility index (Phi) is 6.75. The number of aliphatic hydroxyl groups is 1. The van der Waals surface area contributed by atoms with E-state index >= 15 is 0 Å². The molecule has 8 nitrogen and oxygen atoms in total. The normalized spacial score (nSPS) is 22.6. The van der Waals surface area contributed by atoms with Crippen molar-refractivity contribution < 1.29 is 39.9 Å². The summed E-state index contributed by atoms with van der Waals surface area (Å²) in [4.78, 5) is -0.452. The molecule has 0 spiro atoms. The first kappa shape index (κ1) is 26.6. The average Bonchev–Trinajstić information content (AvgIpc) is 3.20. The van der Waals surface area contributed by atoms with E-state index in [0.717, 1.165) is 24.5 Å². The molecule has 1 aliphatic rings. The zero-order chi connectivity index (χ0) is 25.7. The van der Waals surface area contributed by atoms with Gasteiger partial charge >= 0.3 is 6.18 Å².